The molecule has 1 saturated heterocycles. The van der Waals surface area contributed by atoms with Crippen LogP contribution in [-0.2, 0) is 30.3 Å². The summed E-state index contributed by atoms with van der Waals surface area (Å²) >= 11 is 5.53. The topological polar surface area (TPSA) is 74.2 Å². The third kappa shape index (κ3) is 5.52. The number of benzene rings is 1. The number of alkyl halides is 1. The normalized spacial score (nSPS) is 29.2. The molecular weight excluding hydrogens is 348 g/mol. The molecule has 1 aromatic rings. The van der Waals surface area contributed by atoms with Crippen molar-refractivity contribution in [1.82, 2.24) is 0 Å². The van der Waals surface area contributed by atoms with Crippen LogP contribution in [0.5, 0.6) is 0 Å². The predicted octanol–water partition coefficient (Wildman–Crippen LogP) is 2.03. The van der Waals surface area contributed by atoms with Crippen LogP contribution in [0, 0.1) is 0 Å². The van der Waals surface area contributed by atoms with Gasteiger partial charge in [0.1, 0.15) is 18.1 Å². The summed E-state index contributed by atoms with van der Waals surface area (Å²) in [7, 11) is 0. The maximum atomic E-state index is 11.7. The quantitative estimate of drug-likeness (QED) is 0.429. The lowest BCUT2D eigenvalue weighted by molar-refractivity contribution is -0.302. The van der Waals surface area contributed by atoms with E-state index in [0.29, 0.717) is 0 Å². The zero-order valence-corrected chi connectivity index (χ0v) is 14.8. The molecule has 0 spiro atoms. The van der Waals surface area contributed by atoms with E-state index in [-0.39, 0.29) is 19.1 Å². The van der Waals surface area contributed by atoms with Gasteiger partial charge in [-0.2, -0.15) is 0 Å². The zero-order valence-electron chi connectivity index (χ0n) is 14.0. The summed E-state index contributed by atoms with van der Waals surface area (Å²) in [5.74, 6) is -0.959. The van der Waals surface area contributed by atoms with E-state index in [1.165, 1.54) is 0 Å². The van der Waals surface area contributed by atoms with Crippen molar-refractivity contribution < 1.29 is 28.8 Å². The number of carbonyl (C=O) groups is 1. The fourth-order valence-electron chi connectivity index (χ4n) is 2.55. The Morgan fingerprint density at radius 3 is 2.68 bits per heavy atom. The maximum absolute atomic E-state index is 11.7. The molecule has 1 aromatic carbocycles. The summed E-state index contributed by atoms with van der Waals surface area (Å²) < 4.78 is 22.4. The van der Waals surface area contributed by atoms with E-state index in [9.17, 15) is 9.90 Å². The number of rotatable bonds is 8. The van der Waals surface area contributed by atoms with Crippen LogP contribution in [0.15, 0.2) is 43.0 Å². The number of esters is 1. The van der Waals surface area contributed by atoms with Crippen LogP contribution in [0.1, 0.15) is 12.5 Å². The van der Waals surface area contributed by atoms with E-state index in [4.69, 9.17) is 30.5 Å². The third-order valence-corrected chi connectivity index (χ3v) is 4.02. The second-order valence-corrected chi connectivity index (χ2v) is 5.94. The number of hydrogen-bond acceptors (Lipinski definition) is 6. The van der Waals surface area contributed by atoms with E-state index in [2.05, 4.69) is 6.58 Å². The van der Waals surface area contributed by atoms with Gasteiger partial charge in [0, 0.05) is 0 Å². The summed E-state index contributed by atoms with van der Waals surface area (Å²) in [6.45, 7) is 5.74. The molecule has 0 aromatic heterocycles. The van der Waals surface area contributed by atoms with Gasteiger partial charge in [-0.3, -0.25) is 4.79 Å². The van der Waals surface area contributed by atoms with Crippen molar-refractivity contribution in [2.24, 2.45) is 0 Å². The van der Waals surface area contributed by atoms with E-state index < -0.39 is 36.7 Å². The van der Waals surface area contributed by atoms with Crippen molar-refractivity contribution in [3.8, 4) is 0 Å². The molecule has 0 saturated carbocycles. The maximum Gasteiger partial charge on any atom is 0.321 e. The van der Waals surface area contributed by atoms with Crippen LogP contribution >= 0.6 is 11.6 Å². The van der Waals surface area contributed by atoms with E-state index in [1.807, 2.05) is 30.3 Å². The minimum Gasteiger partial charge on any atom is -0.453 e. The van der Waals surface area contributed by atoms with Crippen LogP contribution in [0.25, 0.3) is 0 Å². The molecule has 25 heavy (non-hydrogen) atoms. The van der Waals surface area contributed by atoms with Gasteiger partial charge in [0.2, 0.25) is 0 Å². The smallest absolute Gasteiger partial charge is 0.321 e. The van der Waals surface area contributed by atoms with E-state index in [1.54, 1.807) is 13.0 Å². The molecule has 5 atom stereocenters. The molecule has 0 bridgehead atoms. The highest BCUT2D eigenvalue weighted by Crippen LogP contribution is 2.27. The molecule has 2 rings (SSSR count). The van der Waals surface area contributed by atoms with Crippen molar-refractivity contribution in [3.63, 3.8) is 0 Å². The highest BCUT2D eigenvalue weighted by molar-refractivity contribution is 6.26. The lowest BCUT2D eigenvalue weighted by Gasteiger charge is -2.42. The van der Waals surface area contributed by atoms with Crippen molar-refractivity contribution in [2.45, 2.75) is 44.2 Å². The van der Waals surface area contributed by atoms with Crippen molar-refractivity contribution in [1.29, 1.82) is 0 Å². The minimum absolute atomic E-state index is 0.202. The van der Waals surface area contributed by atoms with Crippen molar-refractivity contribution >= 4 is 17.6 Å². The van der Waals surface area contributed by atoms with Crippen LogP contribution in [0.2, 0.25) is 0 Å². The first-order valence-corrected chi connectivity index (χ1v) is 8.57. The second-order valence-electron chi connectivity index (χ2n) is 5.67. The lowest BCUT2D eigenvalue weighted by atomic mass is 9.99. The van der Waals surface area contributed by atoms with E-state index in [0.717, 1.165) is 5.56 Å². The van der Waals surface area contributed by atoms with Crippen molar-refractivity contribution in [2.75, 3.05) is 12.5 Å². The van der Waals surface area contributed by atoms with Gasteiger partial charge in [0.25, 0.3) is 0 Å². The van der Waals surface area contributed by atoms with Crippen LogP contribution < -0.4 is 0 Å². The molecule has 7 heteroatoms. The van der Waals surface area contributed by atoms with Gasteiger partial charge >= 0.3 is 5.97 Å². The number of aliphatic hydroxyl groups is 1. The Morgan fingerprint density at radius 2 is 2.04 bits per heavy atom. The fraction of sp³-hybridized carbons (Fsp3) is 0.500. The van der Waals surface area contributed by atoms with Gasteiger partial charge in [0.15, 0.2) is 12.4 Å². The van der Waals surface area contributed by atoms with Crippen molar-refractivity contribution in [3.05, 3.63) is 48.6 Å². The summed E-state index contributed by atoms with van der Waals surface area (Å²) in [4.78, 5) is 11.7. The zero-order chi connectivity index (χ0) is 18.2. The van der Waals surface area contributed by atoms with Gasteiger partial charge in [0.05, 0.1) is 19.3 Å². The predicted molar refractivity (Wildman–Crippen MR) is 92.1 cm³/mol. The average molecular weight is 371 g/mol. The Morgan fingerprint density at radius 1 is 1.32 bits per heavy atom. The molecule has 6 nitrogen and oxygen atoms in total. The Hall–Kier alpha value is -1.44. The summed E-state index contributed by atoms with van der Waals surface area (Å²) in [6, 6.07) is 9.49. The van der Waals surface area contributed by atoms with E-state index >= 15 is 0 Å². The fourth-order valence-corrected chi connectivity index (χ4v) is 2.61. The average Bonchev–Trinajstić information content (AvgIpc) is 2.63. The first-order valence-electron chi connectivity index (χ1n) is 8.03. The number of hydrogen-bond donors (Lipinski definition) is 1. The molecule has 138 valence electrons. The Bertz CT molecular complexity index is 552. The Kier molecular flexibility index (Phi) is 7.87. The number of carbonyl (C=O) groups excluding carboxylic acids is 1. The summed E-state index contributed by atoms with van der Waals surface area (Å²) in [5.41, 5.74) is 0.930. The summed E-state index contributed by atoms with van der Waals surface area (Å²) in [5, 5.41) is 10.5. The molecule has 0 radical (unpaired) electrons. The Balaban J connectivity index is 2.15. The molecule has 1 aliphatic heterocycles. The molecule has 0 amide bonds. The van der Waals surface area contributed by atoms with Crippen LogP contribution in [0.3, 0.4) is 0 Å². The van der Waals surface area contributed by atoms with Gasteiger partial charge in [-0.1, -0.05) is 36.4 Å². The highest BCUT2D eigenvalue weighted by atomic mass is 35.5. The minimum atomic E-state index is -0.986. The van der Waals surface area contributed by atoms with Gasteiger partial charge in [-0.05, 0) is 12.5 Å². The van der Waals surface area contributed by atoms with Crippen LogP contribution in [-0.4, -0.2) is 54.3 Å². The van der Waals surface area contributed by atoms with Crippen LogP contribution in [0.4, 0.5) is 0 Å². The van der Waals surface area contributed by atoms with Gasteiger partial charge < -0.3 is 24.1 Å². The lowest BCUT2D eigenvalue weighted by Crippen LogP contribution is -2.59. The standard InChI is InChI=1S/C18H23ClO6/c1-3-9-22-18-17(25-14(20)10-19)16(15(21)12(2)24-18)23-11-13-7-5-4-6-8-13/h3-8,12,15-18,21H,1,9-11H2,2H3/t12-,15-,16+,17+,18+/m0/s1. The molecule has 0 unspecified atom stereocenters. The second kappa shape index (κ2) is 9.89. The number of aliphatic hydroxyl groups excluding tert-OH is 1. The largest absolute Gasteiger partial charge is 0.453 e. The number of ether oxygens (including phenoxy) is 4. The molecule has 0 aliphatic carbocycles. The molecule has 1 aliphatic rings. The third-order valence-electron chi connectivity index (χ3n) is 3.80. The Labute approximate surface area is 152 Å². The first kappa shape index (κ1) is 19.9. The SMILES string of the molecule is C=CCO[C@@H]1O[C@@H](C)[C@H](O)[C@@H](OCc2ccccc2)[C@H]1OC(=O)CCl. The molecule has 1 N–H and O–H groups in total. The highest BCUT2D eigenvalue weighted by Gasteiger charge is 2.47. The first-order chi connectivity index (χ1) is 12.1. The summed E-state index contributed by atoms with van der Waals surface area (Å²) in [6.07, 6.45) is -2.63. The monoisotopic (exact) mass is 370 g/mol. The number of halogens is 1. The molecule has 1 heterocycles. The van der Waals surface area contributed by atoms with Gasteiger partial charge in [-0.15, -0.1) is 18.2 Å². The molecular formula is C18H23ClO6. The van der Waals surface area contributed by atoms with Gasteiger partial charge in [-0.25, -0.2) is 0 Å². The molecule has 1 fully saturated rings.